The average Bonchev–Trinajstić information content (AvgIpc) is 2.27. The lowest BCUT2D eigenvalue weighted by Gasteiger charge is -2.06. The highest BCUT2D eigenvalue weighted by atomic mass is 79.9. The van der Waals surface area contributed by atoms with Gasteiger partial charge in [-0.25, -0.2) is 4.98 Å². The second-order valence-corrected chi connectivity index (χ2v) is 4.54. The van der Waals surface area contributed by atoms with Crippen LogP contribution in [0.3, 0.4) is 0 Å². The second kappa shape index (κ2) is 5.32. The first kappa shape index (κ1) is 11.4. The molecule has 0 aliphatic rings. The van der Waals surface area contributed by atoms with Gasteiger partial charge >= 0.3 is 0 Å². The van der Waals surface area contributed by atoms with Crippen molar-refractivity contribution >= 4 is 27.5 Å². The van der Waals surface area contributed by atoms with E-state index in [4.69, 9.17) is 16.3 Å². The molecule has 0 fully saturated rings. The maximum Gasteiger partial charge on any atom is 0.132 e. The summed E-state index contributed by atoms with van der Waals surface area (Å²) in [5, 5.41) is 0.437. The molecule has 1 aromatic heterocycles. The van der Waals surface area contributed by atoms with Crippen molar-refractivity contribution in [1.82, 2.24) is 4.98 Å². The molecule has 0 N–H and O–H groups in total. The zero-order valence-corrected chi connectivity index (χ0v) is 10.7. The molecule has 0 radical (unpaired) electrons. The number of halogens is 2. The Kier molecular flexibility index (Phi) is 3.80. The van der Waals surface area contributed by atoms with Crippen molar-refractivity contribution < 1.29 is 4.74 Å². The Morgan fingerprint density at radius 2 is 2.12 bits per heavy atom. The third-order valence-corrected chi connectivity index (χ3v) is 2.69. The first-order valence-electron chi connectivity index (χ1n) is 4.73. The van der Waals surface area contributed by atoms with Gasteiger partial charge in [-0.2, -0.15) is 0 Å². The molecule has 0 amide bonds. The number of pyridine rings is 1. The molecule has 0 atom stereocenters. The van der Waals surface area contributed by atoms with Crippen LogP contribution < -0.4 is 4.74 Å². The number of ether oxygens (including phenoxy) is 1. The van der Waals surface area contributed by atoms with Crippen molar-refractivity contribution in [1.29, 1.82) is 0 Å². The summed E-state index contributed by atoms with van der Waals surface area (Å²) in [5.74, 6) is 0.722. The minimum Gasteiger partial charge on any atom is -0.489 e. The van der Waals surface area contributed by atoms with Crippen LogP contribution in [0.4, 0.5) is 0 Å². The van der Waals surface area contributed by atoms with E-state index in [1.165, 1.54) is 0 Å². The van der Waals surface area contributed by atoms with E-state index < -0.39 is 0 Å². The highest BCUT2D eigenvalue weighted by Crippen LogP contribution is 2.17. The molecule has 0 unspecified atom stereocenters. The molecule has 0 spiro atoms. The van der Waals surface area contributed by atoms with E-state index in [1.54, 1.807) is 18.3 Å². The van der Waals surface area contributed by atoms with Crippen LogP contribution in [0.25, 0.3) is 0 Å². The van der Waals surface area contributed by atoms with E-state index in [2.05, 4.69) is 20.9 Å². The normalized spacial score (nSPS) is 10.1. The summed E-state index contributed by atoms with van der Waals surface area (Å²) in [6, 6.07) is 11.5. The van der Waals surface area contributed by atoms with Crippen LogP contribution in [0.2, 0.25) is 5.15 Å². The molecule has 2 aromatic rings. The molecule has 0 saturated heterocycles. The smallest absolute Gasteiger partial charge is 0.132 e. The molecule has 0 aliphatic carbocycles. The maximum absolute atomic E-state index is 5.75. The third kappa shape index (κ3) is 3.22. The Bertz CT molecular complexity index is 444. The average molecular weight is 299 g/mol. The number of hydrogen-bond donors (Lipinski definition) is 0. The largest absolute Gasteiger partial charge is 0.489 e. The summed E-state index contributed by atoms with van der Waals surface area (Å²) in [7, 11) is 0. The van der Waals surface area contributed by atoms with Crippen LogP contribution in [-0.4, -0.2) is 4.98 Å². The molecule has 82 valence electrons. The van der Waals surface area contributed by atoms with Gasteiger partial charge in [-0.05, 0) is 23.8 Å². The zero-order valence-electron chi connectivity index (χ0n) is 8.36. The number of rotatable bonds is 3. The van der Waals surface area contributed by atoms with Crippen molar-refractivity contribution in [2.24, 2.45) is 0 Å². The summed E-state index contributed by atoms with van der Waals surface area (Å²) >= 11 is 9.17. The molecule has 1 aromatic carbocycles. The highest BCUT2D eigenvalue weighted by molar-refractivity contribution is 9.10. The number of benzene rings is 1. The van der Waals surface area contributed by atoms with Gasteiger partial charge < -0.3 is 4.74 Å². The predicted octanol–water partition coefficient (Wildman–Crippen LogP) is 4.08. The van der Waals surface area contributed by atoms with Gasteiger partial charge in [0.1, 0.15) is 17.5 Å². The van der Waals surface area contributed by atoms with Gasteiger partial charge in [0, 0.05) is 16.7 Å². The van der Waals surface area contributed by atoms with E-state index in [-0.39, 0.29) is 0 Å². The van der Waals surface area contributed by atoms with Crippen molar-refractivity contribution in [2.75, 3.05) is 0 Å². The Morgan fingerprint density at radius 3 is 2.88 bits per heavy atom. The molecule has 0 bridgehead atoms. The van der Waals surface area contributed by atoms with Gasteiger partial charge in [0.25, 0.3) is 0 Å². The predicted molar refractivity (Wildman–Crippen MR) is 67.7 cm³/mol. The third-order valence-electron chi connectivity index (χ3n) is 1.99. The van der Waals surface area contributed by atoms with Crippen LogP contribution in [0, 0.1) is 0 Å². The number of nitrogens with zero attached hydrogens (tertiary/aromatic N) is 1. The highest BCUT2D eigenvalue weighted by Gasteiger charge is 1.98. The lowest BCUT2D eigenvalue weighted by atomic mass is 10.2. The Morgan fingerprint density at radius 1 is 1.25 bits per heavy atom. The summed E-state index contributed by atoms with van der Waals surface area (Å²) in [6.45, 7) is 0.514. The molecular weight excluding hydrogens is 289 g/mol. The van der Waals surface area contributed by atoms with Gasteiger partial charge in [0.05, 0.1) is 0 Å². The second-order valence-electron chi connectivity index (χ2n) is 3.23. The molecule has 2 nitrogen and oxygen atoms in total. The molecule has 2 rings (SSSR count). The molecule has 16 heavy (non-hydrogen) atoms. The van der Waals surface area contributed by atoms with Crippen molar-refractivity contribution in [3.63, 3.8) is 0 Å². The lowest BCUT2D eigenvalue weighted by Crippen LogP contribution is -1.95. The van der Waals surface area contributed by atoms with Crippen molar-refractivity contribution in [3.8, 4) is 5.75 Å². The summed E-state index contributed by atoms with van der Waals surface area (Å²) in [6.07, 6.45) is 1.62. The van der Waals surface area contributed by atoms with Gasteiger partial charge in [-0.15, -0.1) is 0 Å². The summed E-state index contributed by atoms with van der Waals surface area (Å²) < 4.78 is 6.63. The minimum atomic E-state index is 0.437. The van der Waals surface area contributed by atoms with Gasteiger partial charge in [-0.3, -0.25) is 0 Å². The Hall–Kier alpha value is -1.06. The molecule has 1 heterocycles. The molecular formula is C12H9BrClNO. The van der Waals surface area contributed by atoms with E-state index in [9.17, 15) is 0 Å². The van der Waals surface area contributed by atoms with Gasteiger partial charge in [0.2, 0.25) is 0 Å². The Balaban J connectivity index is 2.02. The van der Waals surface area contributed by atoms with Crippen molar-refractivity contribution in [3.05, 3.63) is 57.8 Å². The quantitative estimate of drug-likeness (QED) is 0.797. The summed E-state index contributed by atoms with van der Waals surface area (Å²) in [4.78, 5) is 3.89. The standard InChI is InChI=1S/C12H9BrClNO/c13-10-3-1-2-9(6-10)8-16-11-4-5-15-12(14)7-11/h1-7H,8H2. The van der Waals surface area contributed by atoms with Crippen molar-refractivity contribution in [2.45, 2.75) is 6.61 Å². The van der Waals surface area contributed by atoms with E-state index in [1.807, 2.05) is 24.3 Å². The number of hydrogen-bond acceptors (Lipinski definition) is 2. The SMILES string of the molecule is Clc1cc(OCc2cccc(Br)c2)ccn1. The van der Waals surface area contributed by atoms with Crippen LogP contribution in [-0.2, 0) is 6.61 Å². The van der Waals surface area contributed by atoms with Gasteiger partial charge in [0.15, 0.2) is 0 Å². The maximum atomic E-state index is 5.75. The fourth-order valence-corrected chi connectivity index (χ4v) is 1.88. The van der Waals surface area contributed by atoms with Crippen LogP contribution in [0.1, 0.15) is 5.56 Å². The molecule has 4 heteroatoms. The first-order chi connectivity index (χ1) is 7.74. The van der Waals surface area contributed by atoms with Crippen LogP contribution in [0.15, 0.2) is 47.1 Å². The fraction of sp³-hybridized carbons (Fsp3) is 0.0833. The van der Waals surface area contributed by atoms with Crippen LogP contribution in [0.5, 0.6) is 5.75 Å². The monoisotopic (exact) mass is 297 g/mol. The van der Waals surface area contributed by atoms with E-state index in [0.29, 0.717) is 11.8 Å². The van der Waals surface area contributed by atoms with Crippen LogP contribution >= 0.6 is 27.5 Å². The lowest BCUT2D eigenvalue weighted by molar-refractivity contribution is 0.306. The summed E-state index contributed by atoms with van der Waals surface area (Å²) in [5.41, 5.74) is 1.10. The first-order valence-corrected chi connectivity index (χ1v) is 5.90. The molecule has 0 saturated carbocycles. The number of aromatic nitrogens is 1. The minimum absolute atomic E-state index is 0.437. The van der Waals surface area contributed by atoms with E-state index >= 15 is 0 Å². The Labute approximate surface area is 107 Å². The topological polar surface area (TPSA) is 22.1 Å². The van der Waals surface area contributed by atoms with Gasteiger partial charge in [-0.1, -0.05) is 39.7 Å². The molecule has 0 aliphatic heterocycles. The fourth-order valence-electron chi connectivity index (χ4n) is 1.27. The zero-order chi connectivity index (χ0) is 11.4. The van der Waals surface area contributed by atoms with E-state index in [0.717, 1.165) is 15.8 Å².